The Morgan fingerprint density at radius 2 is 2.12 bits per heavy atom. The molecule has 1 rings (SSSR count). The first-order valence-corrected chi connectivity index (χ1v) is 5.73. The van der Waals surface area contributed by atoms with Gasteiger partial charge in [-0.25, -0.2) is 0 Å². The second-order valence-corrected chi connectivity index (χ2v) is 4.61. The van der Waals surface area contributed by atoms with Crippen LogP contribution in [0.5, 0.6) is 0 Å². The molecule has 0 bridgehead atoms. The van der Waals surface area contributed by atoms with Gasteiger partial charge in [-0.3, -0.25) is 0 Å². The fourth-order valence-electron chi connectivity index (χ4n) is 2.10. The molecule has 100 valence electrons. The minimum absolute atomic E-state index is 0.172. The first kappa shape index (κ1) is 14.6. The zero-order valence-electron chi connectivity index (χ0n) is 10.6. The normalized spacial score (nSPS) is 31.1. The Hall–Kier alpha value is -0.460. The third-order valence-corrected chi connectivity index (χ3v) is 2.78. The third kappa shape index (κ3) is 3.50. The van der Waals surface area contributed by atoms with E-state index in [2.05, 4.69) is 6.58 Å². The maximum absolute atomic E-state index is 9.94. The van der Waals surface area contributed by atoms with Crippen molar-refractivity contribution >= 4 is 0 Å². The third-order valence-electron chi connectivity index (χ3n) is 2.78. The number of aliphatic hydroxyl groups is 2. The Kier molecular flexibility index (Phi) is 5.09. The summed E-state index contributed by atoms with van der Waals surface area (Å²) in [5.41, 5.74) is 0. The molecular weight excluding hydrogens is 224 g/mol. The zero-order chi connectivity index (χ0) is 13.1. The van der Waals surface area contributed by atoms with Crippen LogP contribution in [-0.4, -0.2) is 54.1 Å². The lowest BCUT2D eigenvalue weighted by Crippen LogP contribution is -2.45. The summed E-state index contributed by atoms with van der Waals surface area (Å²) in [4.78, 5) is 0. The predicted octanol–water partition coefficient (Wildman–Crippen LogP) is 0.451. The molecule has 0 radical (unpaired) electrons. The van der Waals surface area contributed by atoms with Gasteiger partial charge < -0.3 is 24.4 Å². The maximum atomic E-state index is 9.94. The summed E-state index contributed by atoms with van der Waals surface area (Å²) in [5, 5.41) is 19.2. The topological polar surface area (TPSA) is 68.2 Å². The fraction of sp³-hybridized carbons (Fsp3) is 0.833. The fourth-order valence-corrected chi connectivity index (χ4v) is 2.10. The standard InChI is InChI=1S/C12H22O5/c1-5-6-8(14)10(15-4)11-9(7-13)16-12(2,3)17-11/h5,8-11,13-14H,1,6-7H2,2-4H3. The van der Waals surface area contributed by atoms with Crippen molar-refractivity contribution in [2.24, 2.45) is 0 Å². The van der Waals surface area contributed by atoms with Crippen LogP contribution in [0.1, 0.15) is 20.3 Å². The van der Waals surface area contributed by atoms with Gasteiger partial charge in [0.25, 0.3) is 0 Å². The van der Waals surface area contributed by atoms with E-state index in [0.29, 0.717) is 6.42 Å². The summed E-state index contributed by atoms with van der Waals surface area (Å²) in [6, 6.07) is 0. The molecule has 0 aromatic carbocycles. The van der Waals surface area contributed by atoms with E-state index in [-0.39, 0.29) is 6.61 Å². The van der Waals surface area contributed by atoms with Crippen LogP contribution in [0.3, 0.4) is 0 Å². The smallest absolute Gasteiger partial charge is 0.164 e. The minimum Gasteiger partial charge on any atom is -0.394 e. The molecule has 1 aliphatic rings. The molecule has 5 heteroatoms. The van der Waals surface area contributed by atoms with Gasteiger partial charge in [0.1, 0.15) is 18.3 Å². The van der Waals surface area contributed by atoms with Crippen molar-refractivity contribution in [3.63, 3.8) is 0 Å². The summed E-state index contributed by atoms with van der Waals surface area (Å²) in [6.45, 7) is 6.94. The number of rotatable bonds is 6. The van der Waals surface area contributed by atoms with Gasteiger partial charge >= 0.3 is 0 Å². The van der Waals surface area contributed by atoms with Crippen LogP contribution in [0.15, 0.2) is 12.7 Å². The quantitative estimate of drug-likeness (QED) is 0.666. The number of ether oxygens (including phenoxy) is 3. The van der Waals surface area contributed by atoms with Gasteiger partial charge in [-0.1, -0.05) is 6.08 Å². The Labute approximate surface area is 102 Å². The van der Waals surface area contributed by atoms with Gasteiger partial charge in [-0.05, 0) is 20.3 Å². The van der Waals surface area contributed by atoms with Crippen LogP contribution < -0.4 is 0 Å². The van der Waals surface area contributed by atoms with Crippen molar-refractivity contribution in [1.29, 1.82) is 0 Å². The predicted molar refractivity (Wildman–Crippen MR) is 62.5 cm³/mol. The lowest BCUT2D eigenvalue weighted by molar-refractivity contribution is -0.166. The van der Waals surface area contributed by atoms with E-state index >= 15 is 0 Å². The largest absolute Gasteiger partial charge is 0.394 e. The van der Waals surface area contributed by atoms with Crippen LogP contribution >= 0.6 is 0 Å². The number of methoxy groups -OCH3 is 1. The zero-order valence-corrected chi connectivity index (χ0v) is 10.6. The molecule has 2 N–H and O–H groups in total. The second-order valence-electron chi connectivity index (χ2n) is 4.61. The van der Waals surface area contributed by atoms with Gasteiger partial charge in [0.2, 0.25) is 0 Å². The van der Waals surface area contributed by atoms with Crippen LogP contribution in [0.2, 0.25) is 0 Å². The van der Waals surface area contributed by atoms with Crippen LogP contribution in [0.25, 0.3) is 0 Å². The van der Waals surface area contributed by atoms with E-state index in [4.69, 9.17) is 14.2 Å². The highest BCUT2D eigenvalue weighted by molar-refractivity contribution is 4.92. The molecule has 4 atom stereocenters. The lowest BCUT2D eigenvalue weighted by atomic mass is 10.0. The minimum atomic E-state index is -0.775. The Morgan fingerprint density at radius 1 is 1.47 bits per heavy atom. The summed E-state index contributed by atoms with van der Waals surface area (Å²) in [6.07, 6.45) is -0.243. The molecule has 0 spiro atoms. The number of hydrogen-bond acceptors (Lipinski definition) is 5. The molecule has 0 aromatic rings. The van der Waals surface area contributed by atoms with Crippen molar-refractivity contribution in [2.75, 3.05) is 13.7 Å². The monoisotopic (exact) mass is 246 g/mol. The van der Waals surface area contributed by atoms with Crippen LogP contribution in [0.4, 0.5) is 0 Å². The van der Waals surface area contributed by atoms with Crippen LogP contribution in [0, 0.1) is 0 Å². The van der Waals surface area contributed by atoms with E-state index in [1.807, 2.05) is 0 Å². The first-order chi connectivity index (χ1) is 7.95. The van der Waals surface area contributed by atoms with Crippen molar-refractivity contribution < 1.29 is 24.4 Å². The highest BCUT2D eigenvalue weighted by Crippen LogP contribution is 2.32. The van der Waals surface area contributed by atoms with E-state index in [1.165, 1.54) is 7.11 Å². The average Bonchev–Trinajstić information content (AvgIpc) is 2.55. The highest BCUT2D eigenvalue weighted by Gasteiger charge is 2.46. The summed E-state index contributed by atoms with van der Waals surface area (Å²) in [7, 11) is 1.50. The van der Waals surface area contributed by atoms with E-state index < -0.39 is 30.2 Å². The van der Waals surface area contributed by atoms with Crippen molar-refractivity contribution in [2.45, 2.75) is 50.5 Å². The highest BCUT2D eigenvalue weighted by atomic mass is 16.8. The summed E-state index contributed by atoms with van der Waals surface area (Å²) in [5.74, 6) is -0.775. The van der Waals surface area contributed by atoms with Crippen molar-refractivity contribution in [3.8, 4) is 0 Å². The molecule has 0 aliphatic carbocycles. The van der Waals surface area contributed by atoms with E-state index in [9.17, 15) is 10.2 Å². The van der Waals surface area contributed by atoms with E-state index in [1.54, 1.807) is 19.9 Å². The van der Waals surface area contributed by atoms with Gasteiger partial charge in [-0.2, -0.15) is 0 Å². The van der Waals surface area contributed by atoms with Gasteiger partial charge in [0.15, 0.2) is 5.79 Å². The number of hydrogen-bond donors (Lipinski definition) is 2. The summed E-state index contributed by atoms with van der Waals surface area (Å²) < 4.78 is 16.5. The maximum Gasteiger partial charge on any atom is 0.164 e. The molecular formula is C12H22O5. The Morgan fingerprint density at radius 3 is 2.59 bits per heavy atom. The Bertz CT molecular complexity index is 253. The molecule has 0 saturated carbocycles. The van der Waals surface area contributed by atoms with Gasteiger partial charge in [-0.15, -0.1) is 6.58 Å². The van der Waals surface area contributed by atoms with Gasteiger partial charge in [0.05, 0.1) is 12.7 Å². The molecule has 1 aliphatic heterocycles. The molecule has 1 saturated heterocycles. The molecule has 0 amide bonds. The molecule has 17 heavy (non-hydrogen) atoms. The molecule has 5 nitrogen and oxygen atoms in total. The Balaban J connectivity index is 2.76. The van der Waals surface area contributed by atoms with Crippen molar-refractivity contribution in [1.82, 2.24) is 0 Å². The summed E-state index contributed by atoms with van der Waals surface area (Å²) >= 11 is 0. The second kappa shape index (κ2) is 5.93. The molecule has 4 unspecified atom stereocenters. The molecule has 0 aromatic heterocycles. The number of aliphatic hydroxyl groups excluding tert-OH is 2. The SMILES string of the molecule is C=CCC(O)C(OC)C1OC(C)(C)OC1CO. The molecule has 1 fully saturated rings. The van der Waals surface area contributed by atoms with Crippen molar-refractivity contribution in [3.05, 3.63) is 12.7 Å². The van der Waals surface area contributed by atoms with Gasteiger partial charge in [0, 0.05) is 7.11 Å². The van der Waals surface area contributed by atoms with Crippen LogP contribution in [-0.2, 0) is 14.2 Å². The average molecular weight is 246 g/mol. The molecule has 1 heterocycles. The first-order valence-electron chi connectivity index (χ1n) is 5.73. The van der Waals surface area contributed by atoms with E-state index in [0.717, 1.165) is 0 Å². The lowest BCUT2D eigenvalue weighted by Gasteiger charge is -2.28.